The van der Waals surface area contributed by atoms with Crippen molar-refractivity contribution >= 4 is 11.6 Å². The summed E-state index contributed by atoms with van der Waals surface area (Å²) in [4.78, 5) is 11.9. The van der Waals surface area contributed by atoms with Gasteiger partial charge in [-0.15, -0.1) is 12.5 Å². The molecule has 105 valence electrons. The number of aromatic nitrogens is 1. The Morgan fingerprint density at radius 2 is 2.19 bits per heavy atom. The van der Waals surface area contributed by atoms with Gasteiger partial charge in [-0.1, -0.05) is 41.3 Å². The smallest absolute Gasteiger partial charge is 0.197 e. The first-order valence-electron chi connectivity index (χ1n) is 5.99. The first-order valence-corrected chi connectivity index (χ1v) is 6.37. The van der Waals surface area contributed by atoms with Crippen LogP contribution in [0.25, 0.3) is 11.3 Å². The third-order valence-corrected chi connectivity index (χ3v) is 3.23. The maximum absolute atomic E-state index is 11.9. The summed E-state index contributed by atoms with van der Waals surface area (Å²) < 4.78 is 6.83. The molecule has 0 aliphatic heterocycles. The zero-order valence-electron chi connectivity index (χ0n) is 11.8. The summed E-state index contributed by atoms with van der Waals surface area (Å²) in [6, 6.07) is 9.95. The van der Waals surface area contributed by atoms with Crippen molar-refractivity contribution in [1.82, 2.24) is 4.57 Å². The standard InChI is InChI=1S/C16H13ClNO2.Y/c1-4-9-20-12-6-7-13(14(17)10-12)15-8-5-11(2)16(19)18(15)3;/h1,5-7,10H,9H2,2-3H3;/q-1;. The van der Waals surface area contributed by atoms with Gasteiger partial charge < -0.3 is 9.30 Å². The topological polar surface area (TPSA) is 31.2 Å². The van der Waals surface area contributed by atoms with Gasteiger partial charge >= 0.3 is 0 Å². The van der Waals surface area contributed by atoms with Gasteiger partial charge in [-0.2, -0.15) is 12.1 Å². The normalized spacial score (nSPS) is 9.62. The maximum atomic E-state index is 11.9. The van der Waals surface area contributed by atoms with Crippen molar-refractivity contribution in [2.24, 2.45) is 7.05 Å². The number of halogens is 1. The molecule has 1 aromatic carbocycles. The summed E-state index contributed by atoms with van der Waals surface area (Å²) in [6.07, 6.45) is 5.13. The summed E-state index contributed by atoms with van der Waals surface area (Å²) in [5, 5.41) is 0.481. The van der Waals surface area contributed by atoms with Crippen molar-refractivity contribution in [2.45, 2.75) is 6.92 Å². The maximum Gasteiger partial charge on any atom is 0.197 e. The summed E-state index contributed by atoms with van der Waals surface area (Å²) in [5.74, 6) is 2.98. The number of terminal acetylenes is 1. The summed E-state index contributed by atoms with van der Waals surface area (Å²) in [5.41, 5.74) is 1.93. The minimum atomic E-state index is -0.0672. The SMILES string of the molecule is C#CCOc1ccc(-c2[c-]cc(C)c(=O)n2C)c(Cl)c1.[Y]. The zero-order chi connectivity index (χ0) is 14.7. The van der Waals surface area contributed by atoms with Crippen LogP contribution in [0.1, 0.15) is 5.56 Å². The monoisotopic (exact) mass is 375 g/mol. The van der Waals surface area contributed by atoms with Crippen LogP contribution in [0, 0.1) is 25.3 Å². The first kappa shape index (κ1) is 18.0. The molecule has 0 amide bonds. The molecule has 0 aliphatic rings. The van der Waals surface area contributed by atoms with Crippen LogP contribution >= 0.6 is 11.6 Å². The summed E-state index contributed by atoms with van der Waals surface area (Å²) >= 11 is 6.24. The second-order valence-corrected chi connectivity index (χ2v) is 4.73. The van der Waals surface area contributed by atoms with E-state index >= 15 is 0 Å². The second kappa shape index (κ2) is 7.80. The Labute approximate surface area is 154 Å². The fourth-order valence-corrected chi connectivity index (χ4v) is 2.12. The van der Waals surface area contributed by atoms with Crippen LogP contribution in [0.4, 0.5) is 0 Å². The van der Waals surface area contributed by atoms with Gasteiger partial charge in [0.2, 0.25) is 0 Å². The van der Waals surface area contributed by atoms with E-state index in [0.29, 0.717) is 22.0 Å². The third kappa shape index (κ3) is 3.98. The molecule has 0 atom stereocenters. The van der Waals surface area contributed by atoms with Crippen LogP contribution in [-0.4, -0.2) is 11.2 Å². The minimum absolute atomic E-state index is 0. The largest absolute Gasteiger partial charge is 0.481 e. The fourth-order valence-electron chi connectivity index (χ4n) is 1.86. The van der Waals surface area contributed by atoms with Crippen LogP contribution in [0.2, 0.25) is 5.02 Å². The van der Waals surface area contributed by atoms with Crippen LogP contribution < -0.4 is 10.3 Å². The Kier molecular flexibility index (Phi) is 6.67. The van der Waals surface area contributed by atoms with E-state index in [1.165, 1.54) is 4.57 Å². The van der Waals surface area contributed by atoms with Crippen LogP contribution in [0.15, 0.2) is 29.1 Å². The van der Waals surface area contributed by atoms with E-state index in [-0.39, 0.29) is 44.9 Å². The number of hydrogen-bond donors (Lipinski definition) is 0. The Morgan fingerprint density at radius 3 is 2.81 bits per heavy atom. The molecule has 0 aliphatic carbocycles. The van der Waals surface area contributed by atoms with Crippen LogP contribution in [0.5, 0.6) is 5.75 Å². The number of rotatable bonds is 3. The first-order chi connectivity index (χ1) is 9.54. The van der Waals surface area contributed by atoms with Gasteiger partial charge in [0.15, 0.2) is 5.56 Å². The molecule has 2 aromatic rings. The molecule has 0 saturated carbocycles. The Morgan fingerprint density at radius 1 is 1.48 bits per heavy atom. The van der Waals surface area contributed by atoms with Crippen molar-refractivity contribution in [3.63, 3.8) is 0 Å². The summed E-state index contributed by atoms with van der Waals surface area (Å²) in [6.45, 7) is 1.94. The molecule has 0 saturated heterocycles. The second-order valence-electron chi connectivity index (χ2n) is 4.32. The molecular weight excluding hydrogens is 363 g/mol. The molecule has 0 spiro atoms. The molecule has 0 bridgehead atoms. The summed E-state index contributed by atoms with van der Waals surface area (Å²) in [7, 11) is 1.69. The number of hydrogen-bond acceptors (Lipinski definition) is 2. The number of pyridine rings is 1. The van der Waals surface area contributed by atoms with E-state index in [2.05, 4.69) is 12.0 Å². The van der Waals surface area contributed by atoms with Gasteiger partial charge in [0.25, 0.3) is 0 Å². The van der Waals surface area contributed by atoms with Gasteiger partial charge in [0, 0.05) is 39.8 Å². The Balaban J connectivity index is 0.00000220. The van der Waals surface area contributed by atoms with Gasteiger partial charge in [-0.3, -0.25) is 4.79 Å². The molecule has 3 nitrogen and oxygen atoms in total. The molecule has 0 N–H and O–H groups in total. The van der Waals surface area contributed by atoms with E-state index in [1.807, 2.05) is 0 Å². The molecule has 1 radical (unpaired) electrons. The van der Waals surface area contributed by atoms with Gasteiger partial charge in [-0.25, -0.2) is 0 Å². The average Bonchev–Trinajstić information content (AvgIpc) is 2.44. The van der Waals surface area contributed by atoms with Crippen molar-refractivity contribution in [1.29, 1.82) is 0 Å². The van der Waals surface area contributed by atoms with E-state index in [1.54, 1.807) is 38.2 Å². The zero-order valence-corrected chi connectivity index (χ0v) is 15.4. The van der Waals surface area contributed by atoms with Crippen molar-refractivity contribution in [2.75, 3.05) is 6.61 Å². The predicted molar refractivity (Wildman–Crippen MR) is 80.0 cm³/mol. The molecule has 2 rings (SSSR count). The van der Waals surface area contributed by atoms with E-state index < -0.39 is 0 Å². The molecule has 5 heteroatoms. The van der Waals surface area contributed by atoms with Crippen LogP contribution in [0.3, 0.4) is 0 Å². The average molecular weight is 376 g/mol. The number of nitrogens with zero attached hydrogens (tertiary/aromatic N) is 1. The number of aryl methyl sites for hydroxylation is 1. The molecule has 1 aromatic heterocycles. The van der Waals surface area contributed by atoms with Crippen molar-refractivity contribution < 1.29 is 37.4 Å². The molecule has 0 unspecified atom stereocenters. The molecule has 1 heterocycles. The number of benzene rings is 1. The van der Waals surface area contributed by atoms with Gasteiger partial charge in [0.1, 0.15) is 12.4 Å². The van der Waals surface area contributed by atoms with E-state index in [0.717, 1.165) is 5.56 Å². The Hall–Kier alpha value is -1.08. The van der Waals surface area contributed by atoms with Gasteiger partial charge in [0.05, 0.1) is 0 Å². The Bertz CT molecular complexity index is 747. The van der Waals surface area contributed by atoms with Crippen molar-refractivity contribution in [3.8, 4) is 29.4 Å². The predicted octanol–water partition coefficient (Wildman–Crippen LogP) is 2.82. The minimum Gasteiger partial charge on any atom is -0.481 e. The fraction of sp³-hybridized carbons (Fsp3) is 0.188. The van der Waals surface area contributed by atoms with E-state index in [4.69, 9.17) is 22.8 Å². The van der Waals surface area contributed by atoms with Crippen molar-refractivity contribution in [3.05, 3.63) is 51.3 Å². The number of ether oxygens (including phenoxy) is 1. The molecule has 0 fully saturated rings. The third-order valence-electron chi connectivity index (χ3n) is 2.92. The van der Waals surface area contributed by atoms with Gasteiger partial charge in [-0.05, 0) is 17.2 Å². The van der Waals surface area contributed by atoms with Crippen LogP contribution in [-0.2, 0) is 39.8 Å². The quantitative estimate of drug-likeness (QED) is 0.610. The molecule has 21 heavy (non-hydrogen) atoms. The van der Waals surface area contributed by atoms with E-state index in [9.17, 15) is 4.79 Å². The molecular formula is C16H13ClNO2Y-.